The number of aromatic amines is 1. The molecule has 0 aliphatic rings. The van der Waals surface area contributed by atoms with Gasteiger partial charge in [0, 0.05) is 5.56 Å². The van der Waals surface area contributed by atoms with Gasteiger partial charge in [-0.3, -0.25) is 5.10 Å². The summed E-state index contributed by atoms with van der Waals surface area (Å²) in [6, 6.07) is 0. The summed E-state index contributed by atoms with van der Waals surface area (Å²) in [4.78, 5) is 0. The zero-order chi connectivity index (χ0) is 6.85. The fourth-order valence-electron chi connectivity index (χ4n) is 0.560. The van der Waals surface area contributed by atoms with E-state index in [0.29, 0.717) is 5.88 Å². The number of rotatable bonds is 1. The van der Waals surface area contributed by atoms with Gasteiger partial charge in [-0.1, -0.05) is 0 Å². The highest BCUT2D eigenvalue weighted by Crippen LogP contribution is 2.17. The van der Waals surface area contributed by atoms with Crippen LogP contribution in [-0.2, 0) is 0 Å². The fraction of sp³-hybridized carbons (Fsp3) is 0.400. The van der Waals surface area contributed by atoms with Crippen molar-refractivity contribution in [2.75, 3.05) is 7.11 Å². The summed E-state index contributed by atoms with van der Waals surface area (Å²) in [5.41, 5.74) is 1.07. The molecule has 0 spiro atoms. The number of aromatic nitrogens is 2. The summed E-state index contributed by atoms with van der Waals surface area (Å²) in [7, 11) is 1.61. The van der Waals surface area contributed by atoms with Gasteiger partial charge < -0.3 is 4.74 Å². The number of nitrogens with one attached hydrogen (secondary N) is 1. The van der Waals surface area contributed by atoms with E-state index in [1.54, 1.807) is 7.11 Å². The van der Waals surface area contributed by atoms with Crippen LogP contribution in [0.2, 0.25) is 0 Å². The Morgan fingerprint density at radius 1 is 1.67 bits per heavy atom. The second kappa shape index (κ2) is 2.55. The smallest absolute Gasteiger partial charge is 0.236 e. The maximum Gasteiger partial charge on any atom is 0.236 e. The molecular weight excluding hydrogens is 231 g/mol. The van der Waals surface area contributed by atoms with Gasteiger partial charge in [0.15, 0.2) is 0 Å². The number of halogens is 1. The minimum absolute atomic E-state index is 0.680. The van der Waals surface area contributed by atoms with Gasteiger partial charge in [0.2, 0.25) is 5.88 Å². The molecule has 0 bridgehead atoms. The van der Waals surface area contributed by atoms with Crippen molar-refractivity contribution in [3.8, 4) is 5.88 Å². The largest absolute Gasteiger partial charge is 0.480 e. The predicted octanol–water partition coefficient (Wildman–Crippen LogP) is 1.33. The molecule has 0 aliphatic carbocycles. The van der Waals surface area contributed by atoms with E-state index in [2.05, 4.69) is 32.8 Å². The van der Waals surface area contributed by atoms with Crippen LogP contribution in [0.15, 0.2) is 0 Å². The third-order valence-corrected chi connectivity index (χ3v) is 2.15. The van der Waals surface area contributed by atoms with E-state index in [4.69, 9.17) is 4.74 Å². The Morgan fingerprint density at radius 2 is 2.33 bits per heavy atom. The summed E-state index contributed by atoms with van der Waals surface area (Å²) in [6.45, 7) is 1.96. The van der Waals surface area contributed by atoms with Gasteiger partial charge >= 0.3 is 0 Å². The van der Waals surface area contributed by atoms with Crippen LogP contribution < -0.4 is 4.74 Å². The van der Waals surface area contributed by atoms with E-state index in [1.807, 2.05) is 6.92 Å². The van der Waals surface area contributed by atoms with Crippen LogP contribution in [0.25, 0.3) is 0 Å². The van der Waals surface area contributed by atoms with Crippen molar-refractivity contribution < 1.29 is 4.74 Å². The number of hydrogen-bond acceptors (Lipinski definition) is 2. The van der Waals surface area contributed by atoms with Crippen molar-refractivity contribution in [2.24, 2.45) is 0 Å². The maximum atomic E-state index is 4.92. The number of ether oxygens (including phenoxy) is 1. The molecule has 50 valence electrons. The Labute approximate surface area is 66.9 Å². The Kier molecular flexibility index (Phi) is 1.94. The zero-order valence-corrected chi connectivity index (χ0v) is 7.39. The lowest BCUT2D eigenvalue weighted by Crippen LogP contribution is -1.83. The van der Waals surface area contributed by atoms with Crippen LogP contribution in [-0.4, -0.2) is 17.3 Å². The summed E-state index contributed by atoms with van der Waals surface area (Å²) in [6.07, 6.45) is 0. The zero-order valence-electron chi connectivity index (χ0n) is 5.23. The molecule has 0 unspecified atom stereocenters. The first-order valence-electron chi connectivity index (χ1n) is 2.50. The molecule has 9 heavy (non-hydrogen) atoms. The first kappa shape index (κ1) is 6.85. The second-order valence-corrected chi connectivity index (χ2v) is 2.75. The van der Waals surface area contributed by atoms with Gasteiger partial charge in [-0.15, -0.1) is 5.10 Å². The lowest BCUT2D eigenvalue weighted by atomic mass is 10.4. The van der Waals surface area contributed by atoms with Gasteiger partial charge in [0.05, 0.1) is 7.11 Å². The molecule has 0 saturated carbocycles. The number of H-pyrrole nitrogens is 1. The van der Waals surface area contributed by atoms with Crippen LogP contribution in [0.5, 0.6) is 5.88 Å². The third-order valence-electron chi connectivity index (χ3n) is 1.10. The minimum atomic E-state index is 0.680. The van der Waals surface area contributed by atoms with E-state index in [9.17, 15) is 0 Å². The summed E-state index contributed by atoms with van der Waals surface area (Å²) in [5, 5.41) is 6.68. The van der Waals surface area contributed by atoms with Gasteiger partial charge in [-0.25, -0.2) is 0 Å². The number of hydrogen-bond donors (Lipinski definition) is 1. The molecule has 0 radical (unpaired) electrons. The quantitative estimate of drug-likeness (QED) is 0.749. The van der Waals surface area contributed by atoms with Crippen molar-refractivity contribution >= 4 is 22.6 Å². The van der Waals surface area contributed by atoms with Crippen LogP contribution in [0, 0.1) is 10.6 Å². The molecule has 0 atom stereocenters. The first-order chi connectivity index (χ1) is 4.25. The molecule has 0 saturated heterocycles. The van der Waals surface area contributed by atoms with Crippen LogP contribution in [0.3, 0.4) is 0 Å². The van der Waals surface area contributed by atoms with Gasteiger partial charge in [0.25, 0.3) is 0 Å². The fourth-order valence-corrected chi connectivity index (χ4v) is 0.911. The number of methoxy groups -OCH3 is 1. The molecule has 1 heterocycles. The predicted molar refractivity (Wildman–Crippen MR) is 42.6 cm³/mol. The molecule has 3 nitrogen and oxygen atoms in total. The van der Waals surface area contributed by atoms with Crippen LogP contribution in [0.1, 0.15) is 5.56 Å². The molecule has 0 aromatic carbocycles. The third kappa shape index (κ3) is 1.17. The van der Waals surface area contributed by atoms with E-state index in [-0.39, 0.29) is 0 Å². The maximum absolute atomic E-state index is 4.92. The topological polar surface area (TPSA) is 37.9 Å². The average molecular weight is 238 g/mol. The van der Waals surface area contributed by atoms with Crippen LogP contribution in [0.4, 0.5) is 0 Å². The van der Waals surface area contributed by atoms with Crippen molar-refractivity contribution in [2.45, 2.75) is 6.92 Å². The molecule has 1 N–H and O–H groups in total. The highest BCUT2D eigenvalue weighted by atomic mass is 127. The minimum Gasteiger partial charge on any atom is -0.480 e. The standard InChI is InChI=1S/C5H7IN2O/c1-3-4(6)7-8-5(3)9-2/h1-2H3,(H,7,8). The normalized spacial score (nSPS) is 9.67. The molecule has 1 aromatic rings. The molecule has 0 amide bonds. The van der Waals surface area contributed by atoms with E-state index >= 15 is 0 Å². The lowest BCUT2D eigenvalue weighted by molar-refractivity contribution is 0.394. The Hall–Kier alpha value is -0.260. The molecular formula is C5H7IN2O. The molecule has 1 rings (SSSR count). The highest BCUT2D eigenvalue weighted by Gasteiger charge is 2.03. The number of nitrogens with zero attached hydrogens (tertiary/aromatic N) is 1. The Bertz CT molecular complexity index is 209. The SMILES string of the molecule is COc1n[nH]c(I)c1C. The van der Waals surface area contributed by atoms with E-state index in [1.165, 1.54) is 0 Å². The molecule has 0 fully saturated rings. The van der Waals surface area contributed by atoms with Crippen molar-refractivity contribution in [3.05, 3.63) is 9.26 Å². The van der Waals surface area contributed by atoms with Crippen molar-refractivity contribution in [3.63, 3.8) is 0 Å². The Balaban J connectivity index is 3.04. The monoisotopic (exact) mass is 238 g/mol. The van der Waals surface area contributed by atoms with Crippen molar-refractivity contribution in [1.82, 2.24) is 10.2 Å². The summed E-state index contributed by atoms with van der Waals surface area (Å²) in [5.74, 6) is 0.680. The second-order valence-electron chi connectivity index (χ2n) is 1.67. The molecule has 0 aliphatic heterocycles. The van der Waals surface area contributed by atoms with E-state index in [0.717, 1.165) is 9.26 Å². The van der Waals surface area contributed by atoms with E-state index < -0.39 is 0 Å². The summed E-state index contributed by atoms with van der Waals surface area (Å²) >= 11 is 2.17. The lowest BCUT2D eigenvalue weighted by Gasteiger charge is -1.91. The van der Waals surface area contributed by atoms with Gasteiger partial charge in [-0.2, -0.15) is 0 Å². The summed E-state index contributed by atoms with van der Waals surface area (Å²) < 4.78 is 5.95. The van der Waals surface area contributed by atoms with Gasteiger partial charge in [-0.05, 0) is 29.5 Å². The Morgan fingerprint density at radius 3 is 2.56 bits per heavy atom. The molecule has 1 aromatic heterocycles. The van der Waals surface area contributed by atoms with Crippen LogP contribution >= 0.6 is 22.6 Å². The van der Waals surface area contributed by atoms with Gasteiger partial charge in [0.1, 0.15) is 3.70 Å². The van der Waals surface area contributed by atoms with Crippen molar-refractivity contribution in [1.29, 1.82) is 0 Å². The molecule has 4 heteroatoms. The highest BCUT2D eigenvalue weighted by molar-refractivity contribution is 14.1. The average Bonchev–Trinajstić information content (AvgIpc) is 2.15. The first-order valence-corrected chi connectivity index (χ1v) is 3.58.